The Kier molecular flexibility index (Phi) is 5.85. The van der Waals surface area contributed by atoms with E-state index in [-0.39, 0.29) is 5.91 Å². The molecule has 1 amide bonds. The quantitative estimate of drug-likeness (QED) is 0.831. The second-order valence-electron chi connectivity index (χ2n) is 5.99. The molecule has 0 radical (unpaired) electrons. The van der Waals surface area contributed by atoms with Gasteiger partial charge in [-0.3, -0.25) is 4.79 Å². The Balaban J connectivity index is 1.41. The second-order valence-corrected chi connectivity index (χ2v) is 5.99. The van der Waals surface area contributed by atoms with Crippen LogP contribution in [0.5, 0.6) is 0 Å². The molecular formula is C20H24N2O2. The molecule has 4 nitrogen and oxygen atoms in total. The number of morpholine rings is 1. The second kappa shape index (κ2) is 8.50. The summed E-state index contributed by atoms with van der Waals surface area (Å²) in [6, 6.07) is 18.1. The Bertz CT molecular complexity index is 634. The SMILES string of the molecule is O=C(NCCCc1ccc(N2CCOCC2)cc1)c1ccccc1. The van der Waals surface area contributed by atoms with Crippen molar-refractivity contribution >= 4 is 11.6 Å². The number of anilines is 1. The molecule has 1 N–H and O–H groups in total. The van der Waals surface area contributed by atoms with Gasteiger partial charge in [0.25, 0.3) is 5.91 Å². The molecule has 0 bridgehead atoms. The molecule has 1 heterocycles. The lowest BCUT2D eigenvalue weighted by Crippen LogP contribution is -2.36. The predicted octanol–water partition coefficient (Wildman–Crippen LogP) is 2.89. The maximum absolute atomic E-state index is 11.9. The van der Waals surface area contributed by atoms with Crippen LogP contribution in [0, 0.1) is 0 Å². The van der Waals surface area contributed by atoms with Gasteiger partial charge in [-0.1, -0.05) is 30.3 Å². The summed E-state index contributed by atoms with van der Waals surface area (Å²) in [5, 5.41) is 2.97. The van der Waals surface area contributed by atoms with Crippen molar-refractivity contribution in [2.75, 3.05) is 37.7 Å². The van der Waals surface area contributed by atoms with Gasteiger partial charge in [0.1, 0.15) is 0 Å². The van der Waals surface area contributed by atoms with E-state index in [1.165, 1.54) is 11.3 Å². The molecule has 0 unspecified atom stereocenters. The molecule has 1 aliphatic rings. The molecule has 0 atom stereocenters. The van der Waals surface area contributed by atoms with E-state index in [0.29, 0.717) is 12.1 Å². The summed E-state index contributed by atoms with van der Waals surface area (Å²) < 4.78 is 5.39. The van der Waals surface area contributed by atoms with E-state index >= 15 is 0 Å². The number of hydrogen-bond acceptors (Lipinski definition) is 3. The number of nitrogens with zero attached hydrogens (tertiary/aromatic N) is 1. The van der Waals surface area contributed by atoms with Gasteiger partial charge in [-0.15, -0.1) is 0 Å². The minimum Gasteiger partial charge on any atom is -0.378 e. The number of amides is 1. The van der Waals surface area contributed by atoms with Gasteiger partial charge in [-0.2, -0.15) is 0 Å². The smallest absolute Gasteiger partial charge is 0.251 e. The third-order valence-corrected chi connectivity index (χ3v) is 4.28. The Morgan fingerprint density at radius 3 is 2.42 bits per heavy atom. The van der Waals surface area contributed by atoms with Crippen molar-refractivity contribution in [2.45, 2.75) is 12.8 Å². The highest BCUT2D eigenvalue weighted by molar-refractivity contribution is 5.94. The van der Waals surface area contributed by atoms with E-state index in [1.807, 2.05) is 30.3 Å². The summed E-state index contributed by atoms with van der Waals surface area (Å²) in [4.78, 5) is 14.3. The van der Waals surface area contributed by atoms with Gasteiger partial charge in [0.15, 0.2) is 0 Å². The zero-order chi connectivity index (χ0) is 16.6. The number of nitrogens with one attached hydrogen (secondary N) is 1. The highest BCUT2D eigenvalue weighted by atomic mass is 16.5. The van der Waals surface area contributed by atoms with Gasteiger partial charge in [0.05, 0.1) is 13.2 Å². The number of carbonyl (C=O) groups excluding carboxylic acids is 1. The van der Waals surface area contributed by atoms with Crippen LogP contribution < -0.4 is 10.2 Å². The molecule has 1 aliphatic heterocycles. The monoisotopic (exact) mass is 324 g/mol. The maximum atomic E-state index is 11.9. The number of aryl methyl sites for hydroxylation is 1. The largest absolute Gasteiger partial charge is 0.378 e. The van der Waals surface area contributed by atoms with E-state index in [2.05, 4.69) is 34.5 Å². The molecule has 1 saturated heterocycles. The first-order valence-corrected chi connectivity index (χ1v) is 8.58. The van der Waals surface area contributed by atoms with Gasteiger partial charge in [-0.25, -0.2) is 0 Å². The van der Waals surface area contributed by atoms with Crippen LogP contribution in [-0.4, -0.2) is 38.8 Å². The molecule has 0 saturated carbocycles. The van der Waals surface area contributed by atoms with Crippen molar-refractivity contribution in [3.8, 4) is 0 Å². The summed E-state index contributed by atoms with van der Waals surface area (Å²) in [5.41, 5.74) is 3.28. The lowest BCUT2D eigenvalue weighted by atomic mass is 10.1. The van der Waals surface area contributed by atoms with Crippen LogP contribution in [-0.2, 0) is 11.2 Å². The van der Waals surface area contributed by atoms with Crippen molar-refractivity contribution < 1.29 is 9.53 Å². The van der Waals surface area contributed by atoms with Crippen molar-refractivity contribution in [3.63, 3.8) is 0 Å². The molecule has 0 spiro atoms. The molecule has 0 aromatic heterocycles. The van der Waals surface area contributed by atoms with Gasteiger partial charge < -0.3 is 15.0 Å². The zero-order valence-corrected chi connectivity index (χ0v) is 13.9. The molecule has 3 rings (SSSR count). The van der Waals surface area contributed by atoms with Crippen LogP contribution in [0.3, 0.4) is 0 Å². The molecule has 4 heteroatoms. The molecule has 0 aliphatic carbocycles. The first kappa shape index (κ1) is 16.5. The highest BCUT2D eigenvalue weighted by Crippen LogP contribution is 2.17. The minimum atomic E-state index is -0.00161. The van der Waals surface area contributed by atoms with E-state index in [9.17, 15) is 4.79 Å². The number of rotatable bonds is 6. The van der Waals surface area contributed by atoms with Crippen LogP contribution >= 0.6 is 0 Å². The van der Waals surface area contributed by atoms with E-state index < -0.39 is 0 Å². The number of ether oxygens (including phenoxy) is 1. The fraction of sp³-hybridized carbons (Fsp3) is 0.350. The van der Waals surface area contributed by atoms with Crippen molar-refractivity contribution in [1.29, 1.82) is 0 Å². The van der Waals surface area contributed by atoms with Crippen LogP contribution in [0.1, 0.15) is 22.3 Å². The summed E-state index contributed by atoms with van der Waals surface area (Å²) in [5.74, 6) is -0.00161. The van der Waals surface area contributed by atoms with Gasteiger partial charge in [-0.05, 0) is 42.7 Å². The van der Waals surface area contributed by atoms with Gasteiger partial charge in [0, 0.05) is 30.9 Å². The molecular weight excluding hydrogens is 300 g/mol. The standard InChI is InChI=1S/C20H24N2O2/c23-20(18-6-2-1-3-7-18)21-12-4-5-17-8-10-19(11-9-17)22-13-15-24-16-14-22/h1-3,6-11H,4-5,12-16H2,(H,21,23). The summed E-state index contributed by atoms with van der Waals surface area (Å²) in [6.45, 7) is 4.24. The minimum absolute atomic E-state index is 0.00161. The first-order valence-electron chi connectivity index (χ1n) is 8.58. The average Bonchev–Trinajstić information content (AvgIpc) is 2.67. The summed E-state index contributed by atoms with van der Waals surface area (Å²) in [6.07, 6.45) is 1.91. The lowest BCUT2D eigenvalue weighted by Gasteiger charge is -2.28. The van der Waals surface area contributed by atoms with E-state index in [0.717, 1.165) is 39.1 Å². The van der Waals surface area contributed by atoms with E-state index in [4.69, 9.17) is 4.74 Å². The highest BCUT2D eigenvalue weighted by Gasteiger charge is 2.10. The lowest BCUT2D eigenvalue weighted by molar-refractivity contribution is 0.0953. The van der Waals surface area contributed by atoms with Crippen LogP contribution in [0.2, 0.25) is 0 Å². The molecule has 2 aromatic rings. The van der Waals surface area contributed by atoms with Gasteiger partial charge in [0.2, 0.25) is 0 Å². The zero-order valence-electron chi connectivity index (χ0n) is 13.9. The Morgan fingerprint density at radius 1 is 1.00 bits per heavy atom. The predicted molar refractivity (Wildman–Crippen MR) is 96.6 cm³/mol. The maximum Gasteiger partial charge on any atom is 0.251 e. The van der Waals surface area contributed by atoms with Gasteiger partial charge >= 0.3 is 0 Å². The molecule has 2 aromatic carbocycles. The Hall–Kier alpha value is -2.33. The van der Waals surface area contributed by atoms with Crippen LogP contribution in [0.4, 0.5) is 5.69 Å². The first-order chi connectivity index (χ1) is 11.8. The van der Waals surface area contributed by atoms with E-state index in [1.54, 1.807) is 0 Å². The Morgan fingerprint density at radius 2 is 1.71 bits per heavy atom. The van der Waals surface area contributed by atoms with Crippen LogP contribution in [0.25, 0.3) is 0 Å². The number of benzene rings is 2. The third-order valence-electron chi connectivity index (χ3n) is 4.28. The number of hydrogen-bond donors (Lipinski definition) is 1. The number of carbonyl (C=O) groups is 1. The summed E-state index contributed by atoms with van der Waals surface area (Å²) in [7, 11) is 0. The Labute approximate surface area is 143 Å². The molecule has 1 fully saturated rings. The fourth-order valence-electron chi connectivity index (χ4n) is 2.88. The third kappa shape index (κ3) is 4.59. The average molecular weight is 324 g/mol. The van der Waals surface area contributed by atoms with Crippen molar-refractivity contribution in [1.82, 2.24) is 5.32 Å². The van der Waals surface area contributed by atoms with Crippen molar-refractivity contribution in [2.24, 2.45) is 0 Å². The summed E-state index contributed by atoms with van der Waals surface area (Å²) >= 11 is 0. The fourth-order valence-corrected chi connectivity index (χ4v) is 2.88. The normalized spacial score (nSPS) is 14.4. The molecule has 24 heavy (non-hydrogen) atoms. The molecule has 126 valence electrons. The van der Waals surface area contributed by atoms with Crippen molar-refractivity contribution in [3.05, 3.63) is 65.7 Å². The topological polar surface area (TPSA) is 41.6 Å². The van der Waals surface area contributed by atoms with Crippen LogP contribution in [0.15, 0.2) is 54.6 Å².